The summed E-state index contributed by atoms with van der Waals surface area (Å²) < 4.78 is 0. The number of allylic oxidation sites excluding steroid dienone is 4. The Labute approximate surface area is 194 Å². The van der Waals surface area contributed by atoms with Gasteiger partial charge in [0.25, 0.3) is 5.91 Å². The number of fused-ring (bicyclic) bond motifs is 1. The fourth-order valence-corrected chi connectivity index (χ4v) is 5.81. The number of thioether (sulfide) groups is 1. The highest BCUT2D eigenvalue weighted by molar-refractivity contribution is 8.18. The molecule has 2 heterocycles. The van der Waals surface area contributed by atoms with Crippen LogP contribution in [0.5, 0.6) is 0 Å². The van der Waals surface area contributed by atoms with Crippen LogP contribution in [0.2, 0.25) is 0 Å². The lowest BCUT2D eigenvalue weighted by molar-refractivity contribution is -0.121. The molecule has 3 nitrogen and oxygen atoms in total. The number of hydrogen-bond donors (Lipinski definition) is 0. The number of rotatable bonds is 3. The highest BCUT2D eigenvalue weighted by atomic mass is 32.2. The van der Waals surface area contributed by atoms with Crippen molar-refractivity contribution in [2.45, 2.75) is 34.1 Å². The standard InChI is InChI=1S/C24H22N2OS2.C2H6.H2/c1-14-4-7-16(8-5-14)21-11-9-17(28-21)12-22-23(27)26(3)24(29-22)25-20-10-6-15(2)18-13-19(18)20;1-2;/h4-12,18-19H,13H2,1-3H3;1-2H3;1H/b22-12-,25-24?;;. The van der Waals surface area contributed by atoms with Gasteiger partial charge in [-0.15, -0.1) is 11.3 Å². The molecule has 1 amide bonds. The van der Waals surface area contributed by atoms with Crippen LogP contribution in [0.15, 0.2) is 69.7 Å². The van der Waals surface area contributed by atoms with Gasteiger partial charge in [-0.2, -0.15) is 0 Å². The van der Waals surface area contributed by atoms with Crippen molar-refractivity contribution in [1.29, 1.82) is 0 Å². The lowest BCUT2D eigenvalue weighted by Gasteiger charge is -2.11. The van der Waals surface area contributed by atoms with E-state index in [1.807, 2.05) is 27.0 Å². The fraction of sp³-hybridized carbons (Fsp3) is 0.308. The Morgan fingerprint density at radius 2 is 1.81 bits per heavy atom. The van der Waals surface area contributed by atoms with Gasteiger partial charge in [0.2, 0.25) is 0 Å². The van der Waals surface area contributed by atoms with Crippen LogP contribution < -0.4 is 0 Å². The second kappa shape index (κ2) is 9.01. The third-order valence-electron chi connectivity index (χ3n) is 5.74. The zero-order valence-electron chi connectivity index (χ0n) is 18.7. The minimum atomic E-state index is 0. The van der Waals surface area contributed by atoms with E-state index >= 15 is 0 Å². The molecule has 1 aromatic carbocycles. The zero-order chi connectivity index (χ0) is 22.1. The van der Waals surface area contributed by atoms with Gasteiger partial charge >= 0.3 is 0 Å². The van der Waals surface area contributed by atoms with E-state index in [0.29, 0.717) is 11.8 Å². The van der Waals surface area contributed by atoms with Crippen molar-refractivity contribution in [3.63, 3.8) is 0 Å². The highest BCUT2D eigenvalue weighted by Crippen LogP contribution is 2.52. The van der Waals surface area contributed by atoms with Crippen molar-refractivity contribution >= 4 is 40.2 Å². The molecule has 1 saturated carbocycles. The molecule has 5 rings (SSSR count). The van der Waals surface area contributed by atoms with Crippen LogP contribution in [0.25, 0.3) is 16.5 Å². The summed E-state index contributed by atoms with van der Waals surface area (Å²) in [7, 11) is 1.82. The smallest absolute Gasteiger partial charge is 0.266 e. The van der Waals surface area contributed by atoms with Crippen LogP contribution in [0.3, 0.4) is 0 Å². The number of amidine groups is 1. The first kappa shape index (κ1) is 21.8. The molecule has 1 saturated heterocycles. The van der Waals surface area contributed by atoms with Crippen molar-refractivity contribution in [1.82, 2.24) is 4.90 Å². The molecule has 0 bridgehead atoms. The van der Waals surface area contributed by atoms with Crippen molar-refractivity contribution in [3.8, 4) is 10.4 Å². The number of nitrogens with zero attached hydrogens (tertiary/aromatic N) is 2. The summed E-state index contributed by atoms with van der Waals surface area (Å²) in [5.74, 6) is 1.22. The fourth-order valence-electron chi connectivity index (χ4n) is 3.80. The van der Waals surface area contributed by atoms with E-state index in [4.69, 9.17) is 4.99 Å². The molecular formula is C26H30N2OS2. The van der Waals surface area contributed by atoms with Crippen LogP contribution >= 0.6 is 23.1 Å². The maximum atomic E-state index is 12.7. The normalized spacial score (nSPS) is 24.5. The Kier molecular flexibility index (Phi) is 6.35. The van der Waals surface area contributed by atoms with Gasteiger partial charge in [-0.25, -0.2) is 4.99 Å². The van der Waals surface area contributed by atoms with E-state index in [9.17, 15) is 4.79 Å². The van der Waals surface area contributed by atoms with Gasteiger partial charge in [-0.1, -0.05) is 55.3 Å². The average Bonchev–Trinajstić information content (AvgIpc) is 3.41. The Bertz CT molecular complexity index is 1120. The number of thiophene rings is 1. The molecule has 0 N–H and O–H groups in total. The predicted molar refractivity (Wildman–Crippen MR) is 137 cm³/mol. The second-order valence-corrected chi connectivity index (χ2v) is 10.0. The summed E-state index contributed by atoms with van der Waals surface area (Å²) in [5.41, 5.74) is 5.03. The zero-order valence-corrected chi connectivity index (χ0v) is 20.3. The Morgan fingerprint density at radius 3 is 2.55 bits per heavy atom. The molecule has 2 fully saturated rings. The summed E-state index contributed by atoms with van der Waals surface area (Å²) in [6.07, 6.45) is 7.47. The van der Waals surface area contributed by atoms with E-state index in [2.05, 4.69) is 62.4 Å². The molecule has 31 heavy (non-hydrogen) atoms. The van der Waals surface area contributed by atoms with Crippen molar-refractivity contribution in [2.24, 2.45) is 16.8 Å². The molecule has 1 aliphatic heterocycles. The predicted octanol–water partition coefficient (Wildman–Crippen LogP) is 7.38. The monoisotopic (exact) mass is 450 g/mol. The maximum Gasteiger partial charge on any atom is 0.266 e. The summed E-state index contributed by atoms with van der Waals surface area (Å²) in [4.78, 5) is 22.3. The molecule has 2 aromatic rings. The quantitative estimate of drug-likeness (QED) is 0.457. The third kappa shape index (κ3) is 4.48. The molecule has 2 atom stereocenters. The van der Waals surface area contributed by atoms with Crippen LogP contribution in [0.1, 0.15) is 39.1 Å². The minimum absolute atomic E-state index is 0. The molecule has 0 spiro atoms. The minimum Gasteiger partial charge on any atom is -0.290 e. The van der Waals surface area contributed by atoms with Gasteiger partial charge in [0.1, 0.15) is 0 Å². The summed E-state index contributed by atoms with van der Waals surface area (Å²) >= 11 is 3.18. The Hall–Kier alpha value is -2.37. The number of carbonyl (C=O) groups is 1. The lowest BCUT2D eigenvalue weighted by atomic mass is 10.0. The van der Waals surface area contributed by atoms with Gasteiger partial charge in [-0.3, -0.25) is 9.69 Å². The summed E-state index contributed by atoms with van der Waals surface area (Å²) in [6.45, 7) is 8.29. The molecule has 2 unspecified atom stereocenters. The maximum absolute atomic E-state index is 12.7. The topological polar surface area (TPSA) is 32.7 Å². The summed E-state index contributed by atoms with van der Waals surface area (Å²) in [5, 5.41) is 0.779. The van der Waals surface area contributed by atoms with Crippen LogP contribution in [0.4, 0.5) is 0 Å². The van der Waals surface area contributed by atoms with Crippen LogP contribution in [-0.2, 0) is 4.79 Å². The Morgan fingerprint density at radius 1 is 1.06 bits per heavy atom. The van der Waals surface area contributed by atoms with E-state index in [-0.39, 0.29) is 7.33 Å². The van der Waals surface area contributed by atoms with E-state index in [1.165, 1.54) is 39.8 Å². The van der Waals surface area contributed by atoms with E-state index < -0.39 is 0 Å². The first-order valence-corrected chi connectivity index (χ1v) is 12.4. The molecule has 3 aliphatic rings. The van der Waals surface area contributed by atoms with E-state index in [1.54, 1.807) is 16.2 Å². The van der Waals surface area contributed by atoms with Crippen LogP contribution in [0, 0.1) is 18.8 Å². The largest absolute Gasteiger partial charge is 0.290 e. The van der Waals surface area contributed by atoms with E-state index in [0.717, 1.165) is 20.6 Å². The SMILES string of the molecule is CC.CC1=CC=C(N=C2S/C(=C\c3ccc(-c4ccc(C)cc4)s3)C(=O)N2C)C2CC12.[HH]. The third-order valence-corrected chi connectivity index (χ3v) is 7.88. The van der Waals surface area contributed by atoms with Crippen LogP contribution in [-0.4, -0.2) is 23.0 Å². The van der Waals surface area contributed by atoms with Crippen molar-refractivity contribution < 1.29 is 6.22 Å². The number of aliphatic imine (C=N–C) groups is 1. The van der Waals surface area contributed by atoms with Crippen molar-refractivity contribution in [3.05, 3.63) is 75.2 Å². The van der Waals surface area contributed by atoms with Gasteiger partial charge in [0.15, 0.2) is 5.17 Å². The average molecular weight is 451 g/mol. The van der Waals surface area contributed by atoms with Gasteiger partial charge in [-0.05, 0) is 67.8 Å². The second-order valence-electron chi connectivity index (χ2n) is 7.89. The molecule has 1 aromatic heterocycles. The van der Waals surface area contributed by atoms with Crippen molar-refractivity contribution in [2.75, 3.05) is 7.05 Å². The highest BCUT2D eigenvalue weighted by Gasteiger charge is 2.43. The molecule has 2 aliphatic carbocycles. The number of aryl methyl sites for hydroxylation is 1. The first-order chi connectivity index (χ1) is 15.0. The first-order valence-electron chi connectivity index (χ1n) is 10.8. The number of amides is 1. The van der Waals surface area contributed by atoms with Gasteiger partial charge in [0.05, 0.1) is 4.91 Å². The summed E-state index contributed by atoms with van der Waals surface area (Å²) in [6, 6.07) is 12.8. The number of carbonyl (C=O) groups excluding carboxylic acids is 1. The number of likely N-dealkylation sites (N-methyl/N-ethyl adjacent to an activating group) is 1. The molecule has 162 valence electrons. The van der Waals surface area contributed by atoms with Gasteiger partial charge in [0, 0.05) is 29.8 Å². The number of hydrogen-bond acceptors (Lipinski definition) is 4. The molecule has 5 heteroatoms. The molecule has 0 radical (unpaired) electrons. The Balaban J connectivity index is 0.000000938. The molecular weight excluding hydrogens is 420 g/mol. The number of benzene rings is 1. The lowest BCUT2D eigenvalue weighted by Crippen LogP contribution is -2.24. The van der Waals surface area contributed by atoms with Gasteiger partial charge < -0.3 is 0 Å².